The molecule has 0 fully saturated rings. The van der Waals surface area contributed by atoms with E-state index >= 15 is 0 Å². The van der Waals surface area contributed by atoms with Crippen LogP contribution in [-0.4, -0.2) is 37.2 Å². The smallest absolute Gasteiger partial charge is 0.306 e. The quantitative estimate of drug-likeness (QED) is 0.0262. The molecule has 0 amide bonds. The summed E-state index contributed by atoms with van der Waals surface area (Å²) in [6.45, 7) is 6.53. The minimum atomic E-state index is -0.780. The minimum absolute atomic E-state index is 0.0781. The zero-order chi connectivity index (χ0) is 46.5. The molecule has 0 aliphatic heterocycles. The van der Waals surface area contributed by atoms with E-state index in [1.165, 1.54) is 148 Å². The summed E-state index contributed by atoms with van der Waals surface area (Å²) in [4.78, 5) is 38.0. The molecule has 0 spiro atoms. The van der Waals surface area contributed by atoms with Crippen LogP contribution in [0, 0.1) is 0 Å². The van der Waals surface area contributed by atoms with Crippen molar-refractivity contribution >= 4 is 17.9 Å². The number of hydrogen-bond donors (Lipinski definition) is 0. The van der Waals surface area contributed by atoms with Crippen LogP contribution in [0.5, 0.6) is 0 Å². The molecule has 0 aromatic heterocycles. The molecule has 372 valence electrons. The Kier molecular flexibility index (Phi) is 50.8. The van der Waals surface area contributed by atoms with Gasteiger partial charge in [0.05, 0.1) is 0 Å². The van der Waals surface area contributed by atoms with Crippen molar-refractivity contribution in [2.45, 2.75) is 290 Å². The second-order valence-electron chi connectivity index (χ2n) is 18.5. The van der Waals surface area contributed by atoms with E-state index in [2.05, 4.69) is 69.4 Å². The van der Waals surface area contributed by atoms with Crippen molar-refractivity contribution in [1.29, 1.82) is 0 Å². The maximum atomic E-state index is 12.8. The number of rotatable bonds is 50. The van der Waals surface area contributed by atoms with E-state index in [1.54, 1.807) is 0 Å². The number of unbranched alkanes of at least 4 members (excludes halogenated alkanes) is 31. The maximum Gasteiger partial charge on any atom is 0.306 e. The van der Waals surface area contributed by atoms with E-state index < -0.39 is 6.10 Å². The first-order valence-corrected chi connectivity index (χ1v) is 27.6. The Morgan fingerprint density at radius 3 is 0.969 bits per heavy atom. The van der Waals surface area contributed by atoms with Crippen LogP contribution in [-0.2, 0) is 28.6 Å². The van der Waals surface area contributed by atoms with Gasteiger partial charge in [-0.2, -0.15) is 0 Å². The Balaban J connectivity index is 4.34. The summed E-state index contributed by atoms with van der Waals surface area (Å²) >= 11 is 0. The average molecular weight is 897 g/mol. The van der Waals surface area contributed by atoms with Gasteiger partial charge >= 0.3 is 17.9 Å². The molecule has 0 bridgehead atoms. The fraction of sp³-hybridized carbons (Fsp3) is 0.810. The molecule has 0 aromatic carbocycles. The Labute approximate surface area is 397 Å². The molecule has 1 atom stereocenters. The molecule has 0 N–H and O–H groups in total. The lowest BCUT2D eigenvalue weighted by Crippen LogP contribution is -2.30. The second kappa shape index (κ2) is 53.0. The normalized spacial score (nSPS) is 12.4. The summed E-state index contributed by atoms with van der Waals surface area (Å²) in [6.07, 6.45) is 63.8. The molecule has 6 heteroatoms. The zero-order valence-electron chi connectivity index (χ0n) is 42.6. The van der Waals surface area contributed by atoms with Crippen molar-refractivity contribution in [3.8, 4) is 0 Å². The van der Waals surface area contributed by atoms with Gasteiger partial charge in [0, 0.05) is 19.3 Å². The number of carbonyl (C=O) groups excluding carboxylic acids is 3. The van der Waals surface area contributed by atoms with Crippen molar-refractivity contribution in [3.05, 3.63) is 48.6 Å². The second-order valence-corrected chi connectivity index (χ2v) is 18.5. The maximum absolute atomic E-state index is 12.8. The van der Waals surface area contributed by atoms with Crippen LogP contribution < -0.4 is 0 Å². The predicted molar refractivity (Wildman–Crippen MR) is 275 cm³/mol. The van der Waals surface area contributed by atoms with E-state index in [0.717, 1.165) is 96.3 Å². The Morgan fingerprint density at radius 2 is 0.609 bits per heavy atom. The van der Waals surface area contributed by atoms with Gasteiger partial charge in [-0.15, -0.1) is 0 Å². The van der Waals surface area contributed by atoms with E-state index in [9.17, 15) is 14.4 Å². The summed E-state index contributed by atoms with van der Waals surface area (Å²) in [5, 5.41) is 0. The van der Waals surface area contributed by atoms with Gasteiger partial charge in [-0.05, 0) is 77.0 Å². The van der Waals surface area contributed by atoms with Gasteiger partial charge < -0.3 is 14.2 Å². The standard InChI is InChI=1S/C58H104O6/c1-4-7-10-13-16-19-22-25-27-28-29-30-32-33-36-39-42-45-48-51-57(60)63-54-55(53-62-56(59)50-47-44-41-38-35-24-21-18-15-12-9-6-3)64-58(61)52-49-46-43-40-37-34-31-26-23-20-17-14-11-8-5-2/h8,11,17,20,25-27,31,55H,4-7,9-10,12-16,18-19,21-24,28-30,32-54H2,1-3H3/b11-8-,20-17-,27-25-,31-26-/t55-/m0/s1. The third-order valence-corrected chi connectivity index (χ3v) is 12.1. The Morgan fingerprint density at radius 1 is 0.328 bits per heavy atom. The highest BCUT2D eigenvalue weighted by atomic mass is 16.6. The molecule has 0 rings (SSSR count). The van der Waals surface area contributed by atoms with Crippen molar-refractivity contribution < 1.29 is 28.6 Å². The van der Waals surface area contributed by atoms with Crippen molar-refractivity contribution in [2.24, 2.45) is 0 Å². The van der Waals surface area contributed by atoms with E-state index in [4.69, 9.17) is 14.2 Å². The molecule has 0 radical (unpaired) electrons. The summed E-state index contributed by atoms with van der Waals surface area (Å²) in [7, 11) is 0. The highest BCUT2D eigenvalue weighted by Gasteiger charge is 2.19. The third-order valence-electron chi connectivity index (χ3n) is 12.1. The van der Waals surface area contributed by atoms with Crippen LogP contribution in [0.4, 0.5) is 0 Å². The van der Waals surface area contributed by atoms with Crippen LogP contribution in [0.15, 0.2) is 48.6 Å². The molecule has 0 aromatic rings. The molecule has 64 heavy (non-hydrogen) atoms. The van der Waals surface area contributed by atoms with Gasteiger partial charge in [0.2, 0.25) is 0 Å². The molecule has 0 aliphatic rings. The molecule has 0 heterocycles. The molecule has 0 saturated carbocycles. The molecule has 6 nitrogen and oxygen atoms in total. The van der Waals surface area contributed by atoms with Gasteiger partial charge in [-0.1, -0.05) is 236 Å². The molecular formula is C58H104O6. The van der Waals surface area contributed by atoms with Gasteiger partial charge in [-0.25, -0.2) is 0 Å². The minimum Gasteiger partial charge on any atom is -0.462 e. The Bertz CT molecular complexity index is 1120. The first kappa shape index (κ1) is 61.4. The van der Waals surface area contributed by atoms with Crippen LogP contribution in [0.2, 0.25) is 0 Å². The van der Waals surface area contributed by atoms with Gasteiger partial charge in [0.25, 0.3) is 0 Å². The number of hydrogen-bond acceptors (Lipinski definition) is 6. The summed E-state index contributed by atoms with van der Waals surface area (Å²) in [5.41, 5.74) is 0. The SMILES string of the molecule is CC/C=C\C/C=C\C/C=C\CCCCCCCC(=O)O[C@H](COC(=O)CCCCCCCCCCC/C=C\CCCCCCCC)COC(=O)CCCCCCCCCCCCCC. The lowest BCUT2D eigenvalue weighted by molar-refractivity contribution is -0.167. The van der Waals surface area contributed by atoms with Gasteiger partial charge in [0.15, 0.2) is 6.10 Å². The first-order valence-electron chi connectivity index (χ1n) is 27.6. The van der Waals surface area contributed by atoms with E-state index in [0.29, 0.717) is 19.3 Å². The summed E-state index contributed by atoms with van der Waals surface area (Å²) in [6, 6.07) is 0. The fourth-order valence-corrected chi connectivity index (χ4v) is 7.92. The highest BCUT2D eigenvalue weighted by Crippen LogP contribution is 2.16. The van der Waals surface area contributed by atoms with E-state index in [1.807, 2.05) is 0 Å². The lowest BCUT2D eigenvalue weighted by atomic mass is 10.0. The third kappa shape index (κ3) is 50.4. The van der Waals surface area contributed by atoms with Crippen LogP contribution in [0.25, 0.3) is 0 Å². The predicted octanol–water partition coefficient (Wildman–Crippen LogP) is 18.3. The van der Waals surface area contributed by atoms with Crippen molar-refractivity contribution in [2.75, 3.05) is 13.2 Å². The van der Waals surface area contributed by atoms with Gasteiger partial charge in [-0.3, -0.25) is 14.4 Å². The lowest BCUT2D eigenvalue weighted by Gasteiger charge is -2.18. The topological polar surface area (TPSA) is 78.9 Å². The van der Waals surface area contributed by atoms with E-state index in [-0.39, 0.29) is 31.1 Å². The largest absolute Gasteiger partial charge is 0.462 e. The first-order chi connectivity index (χ1) is 31.5. The van der Waals surface area contributed by atoms with Crippen LogP contribution in [0.3, 0.4) is 0 Å². The number of carbonyl (C=O) groups is 3. The Hall–Kier alpha value is -2.63. The molecule has 0 aliphatic carbocycles. The fourth-order valence-electron chi connectivity index (χ4n) is 7.92. The molecule has 0 saturated heterocycles. The summed E-state index contributed by atoms with van der Waals surface area (Å²) in [5.74, 6) is -0.886. The number of esters is 3. The van der Waals surface area contributed by atoms with Crippen LogP contribution >= 0.6 is 0 Å². The molecule has 0 unspecified atom stereocenters. The highest BCUT2D eigenvalue weighted by molar-refractivity contribution is 5.71. The van der Waals surface area contributed by atoms with Gasteiger partial charge in [0.1, 0.15) is 13.2 Å². The molecular weight excluding hydrogens is 793 g/mol. The average Bonchev–Trinajstić information content (AvgIpc) is 3.29. The van der Waals surface area contributed by atoms with Crippen LogP contribution in [0.1, 0.15) is 284 Å². The monoisotopic (exact) mass is 897 g/mol. The zero-order valence-corrected chi connectivity index (χ0v) is 42.6. The number of ether oxygens (including phenoxy) is 3. The van der Waals surface area contributed by atoms with Crippen molar-refractivity contribution in [1.82, 2.24) is 0 Å². The number of allylic oxidation sites excluding steroid dienone is 8. The summed E-state index contributed by atoms with van der Waals surface area (Å²) < 4.78 is 16.8. The van der Waals surface area contributed by atoms with Crippen molar-refractivity contribution in [3.63, 3.8) is 0 Å².